The van der Waals surface area contributed by atoms with Gasteiger partial charge in [-0.25, -0.2) is 5.48 Å². The Labute approximate surface area is 102 Å². The maximum atomic E-state index is 11.6. The maximum absolute atomic E-state index is 11.6. The monoisotopic (exact) mass is 239 g/mol. The SMILES string of the molecule is CONC(=O)c1cc(C(C)C)n(C(C)(C)C)n1. The van der Waals surface area contributed by atoms with Crippen LogP contribution in [0.2, 0.25) is 0 Å². The van der Waals surface area contributed by atoms with Gasteiger partial charge in [0.25, 0.3) is 5.91 Å². The van der Waals surface area contributed by atoms with E-state index in [0.29, 0.717) is 11.6 Å². The Bertz CT molecular complexity index is 402. The number of rotatable bonds is 3. The summed E-state index contributed by atoms with van der Waals surface area (Å²) in [7, 11) is 1.40. The fraction of sp³-hybridized carbons (Fsp3) is 0.667. The molecule has 0 bridgehead atoms. The second-order valence-electron chi connectivity index (χ2n) is 5.33. The Hall–Kier alpha value is -1.36. The minimum absolute atomic E-state index is 0.148. The molecule has 17 heavy (non-hydrogen) atoms. The molecule has 0 saturated heterocycles. The summed E-state index contributed by atoms with van der Waals surface area (Å²) in [6.45, 7) is 10.3. The smallest absolute Gasteiger partial charge is 0.277 e. The quantitative estimate of drug-likeness (QED) is 0.821. The Balaban J connectivity index is 3.17. The van der Waals surface area contributed by atoms with Gasteiger partial charge in [-0.1, -0.05) is 13.8 Å². The van der Waals surface area contributed by atoms with E-state index < -0.39 is 0 Å². The van der Waals surface area contributed by atoms with Crippen LogP contribution in [0.4, 0.5) is 0 Å². The molecule has 5 heteroatoms. The van der Waals surface area contributed by atoms with E-state index >= 15 is 0 Å². The summed E-state index contributed by atoms with van der Waals surface area (Å²) < 4.78 is 1.89. The van der Waals surface area contributed by atoms with E-state index in [1.807, 2.05) is 10.7 Å². The van der Waals surface area contributed by atoms with E-state index in [4.69, 9.17) is 0 Å². The molecule has 0 spiro atoms. The first-order valence-corrected chi connectivity index (χ1v) is 5.71. The van der Waals surface area contributed by atoms with Crippen LogP contribution in [0.15, 0.2) is 6.07 Å². The van der Waals surface area contributed by atoms with Crippen molar-refractivity contribution in [3.05, 3.63) is 17.5 Å². The van der Waals surface area contributed by atoms with Gasteiger partial charge in [0.05, 0.1) is 12.6 Å². The third-order valence-corrected chi connectivity index (χ3v) is 2.39. The van der Waals surface area contributed by atoms with E-state index in [2.05, 4.69) is 50.0 Å². The molecule has 0 aliphatic heterocycles. The predicted octanol–water partition coefficient (Wildman–Crippen LogP) is 2.05. The number of hydrogen-bond acceptors (Lipinski definition) is 3. The molecule has 96 valence electrons. The molecule has 0 aliphatic carbocycles. The van der Waals surface area contributed by atoms with Crippen molar-refractivity contribution in [2.75, 3.05) is 7.11 Å². The summed E-state index contributed by atoms with van der Waals surface area (Å²) in [4.78, 5) is 16.3. The largest absolute Gasteiger partial charge is 0.295 e. The zero-order chi connectivity index (χ0) is 13.2. The molecule has 0 radical (unpaired) electrons. The summed E-state index contributed by atoms with van der Waals surface area (Å²) in [5.41, 5.74) is 3.55. The van der Waals surface area contributed by atoms with Gasteiger partial charge >= 0.3 is 0 Å². The highest BCUT2D eigenvalue weighted by molar-refractivity contribution is 5.91. The number of aromatic nitrogens is 2. The van der Waals surface area contributed by atoms with Crippen molar-refractivity contribution in [1.29, 1.82) is 0 Å². The summed E-state index contributed by atoms with van der Waals surface area (Å²) in [5, 5.41) is 4.35. The van der Waals surface area contributed by atoms with Crippen molar-refractivity contribution in [1.82, 2.24) is 15.3 Å². The second kappa shape index (κ2) is 4.87. The van der Waals surface area contributed by atoms with Gasteiger partial charge in [0.15, 0.2) is 5.69 Å². The van der Waals surface area contributed by atoms with E-state index in [0.717, 1.165) is 5.69 Å². The van der Waals surface area contributed by atoms with Gasteiger partial charge in [-0.15, -0.1) is 0 Å². The van der Waals surface area contributed by atoms with Crippen LogP contribution in [0.25, 0.3) is 0 Å². The minimum Gasteiger partial charge on any atom is -0.277 e. The van der Waals surface area contributed by atoms with Crippen LogP contribution in [-0.4, -0.2) is 22.8 Å². The molecule has 1 heterocycles. The van der Waals surface area contributed by atoms with Gasteiger partial charge in [-0.3, -0.25) is 14.3 Å². The molecule has 1 aromatic heterocycles. The highest BCUT2D eigenvalue weighted by atomic mass is 16.6. The predicted molar refractivity (Wildman–Crippen MR) is 65.8 cm³/mol. The lowest BCUT2D eigenvalue weighted by atomic mass is 10.1. The number of carbonyl (C=O) groups is 1. The number of nitrogens with one attached hydrogen (secondary N) is 1. The Morgan fingerprint density at radius 1 is 1.47 bits per heavy atom. The molecular formula is C12H21N3O2. The Morgan fingerprint density at radius 2 is 2.06 bits per heavy atom. The standard InChI is InChI=1S/C12H21N3O2/c1-8(2)10-7-9(11(16)14-17-6)13-15(10)12(3,4)5/h7-8H,1-6H3,(H,14,16). The average Bonchev–Trinajstić information content (AvgIpc) is 2.61. The van der Waals surface area contributed by atoms with Crippen molar-refractivity contribution in [2.24, 2.45) is 0 Å². The molecule has 0 aliphatic rings. The summed E-state index contributed by atoms with van der Waals surface area (Å²) in [6.07, 6.45) is 0. The molecule has 0 saturated carbocycles. The molecule has 5 nitrogen and oxygen atoms in total. The van der Waals surface area contributed by atoms with E-state index in [1.165, 1.54) is 7.11 Å². The number of nitrogens with zero attached hydrogens (tertiary/aromatic N) is 2. The normalized spacial score (nSPS) is 11.9. The van der Waals surface area contributed by atoms with Crippen LogP contribution in [0.1, 0.15) is 56.7 Å². The molecule has 0 atom stereocenters. The van der Waals surface area contributed by atoms with Gasteiger partial charge in [0.2, 0.25) is 0 Å². The Kier molecular flexibility index (Phi) is 3.93. The summed E-state index contributed by atoms with van der Waals surface area (Å²) >= 11 is 0. The second-order valence-corrected chi connectivity index (χ2v) is 5.33. The highest BCUT2D eigenvalue weighted by Crippen LogP contribution is 2.23. The highest BCUT2D eigenvalue weighted by Gasteiger charge is 2.23. The number of hydroxylamine groups is 1. The van der Waals surface area contributed by atoms with Gasteiger partial charge in [0, 0.05) is 5.69 Å². The lowest BCUT2D eigenvalue weighted by Crippen LogP contribution is -2.27. The molecule has 1 aromatic rings. The van der Waals surface area contributed by atoms with Crippen molar-refractivity contribution in [3.63, 3.8) is 0 Å². The fourth-order valence-corrected chi connectivity index (χ4v) is 1.60. The first kappa shape index (κ1) is 13.7. The molecule has 0 fully saturated rings. The lowest BCUT2D eigenvalue weighted by Gasteiger charge is -2.23. The average molecular weight is 239 g/mol. The first-order chi connectivity index (χ1) is 7.77. The first-order valence-electron chi connectivity index (χ1n) is 5.71. The van der Waals surface area contributed by atoms with Crippen LogP contribution in [0.5, 0.6) is 0 Å². The topological polar surface area (TPSA) is 56.1 Å². The van der Waals surface area contributed by atoms with E-state index in [-0.39, 0.29) is 11.4 Å². The third-order valence-electron chi connectivity index (χ3n) is 2.39. The van der Waals surface area contributed by atoms with Crippen LogP contribution in [0.3, 0.4) is 0 Å². The molecule has 0 unspecified atom stereocenters. The van der Waals surface area contributed by atoms with Crippen LogP contribution < -0.4 is 5.48 Å². The van der Waals surface area contributed by atoms with Gasteiger partial charge in [-0.2, -0.15) is 5.10 Å². The number of amides is 1. The number of hydrogen-bond donors (Lipinski definition) is 1. The summed E-state index contributed by atoms with van der Waals surface area (Å²) in [5.74, 6) is -0.0109. The molecular weight excluding hydrogens is 218 g/mol. The molecule has 1 N–H and O–H groups in total. The van der Waals surface area contributed by atoms with Crippen molar-refractivity contribution < 1.29 is 9.63 Å². The van der Waals surface area contributed by atoms with Crippen LogP contribution in [0, 0.1) is 0 Å². The van der Waals surface area contributed by atoms with Gasteiger partial charge in [0.1, 0.15) is 0 Å². The minimum atomic E-state index is -0.322. The zero-order valence-corrected chi connectivity index (χ0v) is 11.4. The molecule has 1 amide bonds. The van der Waals surface area contributed by atoms with Crippen molar-refractivity contribution >= 4 is 5.91 Å². The lowest BCUT2D eigenvalue weighted by molar-refractivity contribution is 0.0531. The fourth-order valence-electron chi connectivity index (χ4n) is 1.60. The van der Waals surface area contributed by atoms with Gasteiger partial charge in [-0.05, 0) is 32.8 Å². The maximum Gasteiger partial charge on any atom is 0.295 e. The van der Waals surface area contributed by atoms with Crippen LogP contribution >= 0.6 is 0 Å². The van der Waals surface area contributed by atoms with Crippen molar-refractivity contribution in [2.45, 2.75) is 46.1 Å². The molecule has 1 rings (SSSR count). The van der Waals surface area contributed by atoms with E-state index in [9.17, 15) is 4.79 Å². The van der Waals surface area contributed by atoms with Crippen LogP contribution in [-0.2, 0) is 10.4 Å². The molecule has 0 aromatic carbocycles. The zero-order valence-electron chi connectivity index (χ0n) is 11.4. The summed E-state index contributed by atoms with van der Waals surface area (Å²) in [6, 6.07) is 1.81. The van der Waals surface area contributed by atoms with Gasteiger partial charge < -0.3 is 0 Å². The Morgan fingerprint density at radius 3 is 2.41 bits per heavy atom. The van der Waals surface area contributed by atoms with E-state index in [1.54, 1.807) is 0 Å². The van der Waals surface area contributed by atoms with Crippen molar-refractivity contribution in [3.8, 4) is 0 Å². The third kappa shape index (κ3) is 3.06. The number of carbonyl (C=O) groups excluding carboxylic acids is 1.